The first-order valence-electron chi connectivity index (χ1n) is 6.58. The number of nitrogens with zero attached hydrogens (tertiary/aromatic N) is 1. The van der Waals surface area contributed by atoms with Gasteiger partial charge in [0, 0.05) is 6.07 Å². The Balaban J connectivity index is 2.52. The summed E-state index contributed by atoms with van der Waals surface area (Å²) in [6.07, 6.45) is 9.96. The van der Waals surface area contributed by atoms with Gasteiger partial charge in [-0.2, -0.15) is 0 Å². The molecule has 0 saturated heterocycles. The highest BCUT2D eigenvalue weighted by Gasteiger charge is 2.28. The van der Waals surface area contributed by atoms with Gasteiger partial charge in [0.1, 0.15) is 5.76 Å². The van der Waals surface area contributed by atoms with Crippen molar-refractivity contribution in [3.63, 3.8) is 0 Å². The Kier molecular flexibility index (Phi) is 4.95. The molecule has 0 atom stereocenters. The highest BCUT2D eigenvalue weighted by molar-refractivity contribution is 6.35. The van der Waals surface area contributed by atoms with Crippen molar-refractivity contribution in [3.05, 3.63) is 75.4 Å². The van der Waals surface area contributed by atoms with Crippen molar-refractivity contribution in [1.29, 1.82) is 0 Å². The zero-order valence-electron chi connectivity index (χ0n) is 12.1. The van der Waals surface area contributed by atoms with Crippen molar-refractivity contribution in [1.82, 2.24) is 0 Å². The molecule has 1 aliphatic carbocycles. The summed E-state index contributed by atoms with van der Waals surface area (Å²) in [7, 11) is -3.25. The number of rotatable bonds is 5. The fraction of sp³-hybridized carbons (Fsp3) is 0.0667. The number of hydrogen-bond donors (Lipinski definition) is 1. The number of benzene rings is 1. The number of halogens is 2. The van der Waals surface area contributed by atoms with E-state index < -0.39 is 29.6 Å². The van der Waals surface area contributed by atoms with Crippen LogP contribution >= 0.6 is 0 Å². The molecule has 2 rings (SSSR count). The number of nitro benzene ring substituents is 1. The van der Waals surface area contributed by atoms with Crippen LogP contribution in [0.15, 0.2) is 54.2 Å². The van der Waals surface area contributed by atoms with Crippen LogP contribution in [0.5, 0.6) is 5.75 Å². The van der Waals surface area contributed by atoms with E-state index in [2.05, 4.69) is 4.65 Å². The molecule has 8 heteroatoms. The topological polar surface area (TPSA) is 72.6 Å². The van der Waals surface area contributed by atoms with Crippen molar-refractivity contribution >= 4 is 18.9 Å². The summed E-state index contributed by atoms with van der Waals surface area (Å²) in [6.45, 7) is 1.55. The fourth-order valence-electron chi connectivity index (χ4n) is 2.06. The average molecular weight is 319 g/mol. The second kappa shape index (κ2) is 6.91. The van der Waals surface area contributed by atoms with E-state index in [-0.39, 0.29) is 5.56 Å². The predicted molar refractivity (Wildman–Crippen MR) is 83.4 cm³/mol. The minimum absolute atomic E-state index is 0.167. The van der Waals surface area contributed by atoms with Gasteiger partial charge in [0.15, 0.2) is 5.75 Å². The van der Waals surface area contributed by atoms with E-state index in [1.54, 1.807) is 37.3 Å². The molecular formula is C15H12BF2NO4. The third-order valence-electron chi connectivity index (χ3n) is 3.02. The summed E-state index contributed by atoms with van der Waals surface area (Å²) in [6, 6.07) is 2.45. The molecule has 1 aliphatic rings. The molecule has 0 unspecified atom stereocenters. The second-order valence-corrected chi connectivity index (χ2v) is 4.73. The molecule has 1 aromatic carbocycles. The van der Waals surface area contributed by atoms with Crippen molar-refractivity contribution in [3.8, 4) is 5.75 Å². The van der Waals surface area contributed by atoms with Gasteiger partial charge in [0.25, 0.3) is 0 Å². The van der Waals surface area contributed by atoms with Crippen LogP contribution in [0.4, 0.5) is 14.3 Å². The van der Waals surface area contributed by atoms with Crippen molar-refractivity contribution in [2.75, 3.05) is 0 Å². The summed E-state index contributed by atoms with van der Waals surface area (Å²) >= 11 is 0. The number of hydrogen-bond acceptors (Lipinski definition) is 4. The van der Waals surface area contributed by atoms with Crippen LogP contribution in [-0.2, 0) is 0 Å². The smallest absolute Gasteiger partial charge is 0.507 e. The molecule has 23 heavy (non-hydrogen) atoms. The third-order valence-corrected chi connectivity index (χ3v) is 3.02. The fourth-order valence-corrected chi connectivity index (χ4v) is 2.06. The van der Waals surface area contributed by atoms with Crippen LogP contribution in [0.3, 0.4) is 0 Å². The van der Waals surface area contributed by atoms with Gasteiger partial charge in [0.2, 0.25) is 0 Å². The third kappa shape index (κ3) is 4.06. The monoisotopic (exact) mass is 319 g/mol. The molecule has 0 saturated carbocycles. The lowest BCUT2D eigenvalue weighted by molar-refractivity contribution is -0.385. The summed E-state index contributed by atoms with van der Waals surface area (Å²) in [4.78, 5) is 10.2. The molecule has 0 aromatic heterocycles. The summed E-state index contributed by atoms with van der Waals surface area (Å²) in [5.74, 6) is -1.08. The number of allylic oxidation sites excluding steroid dienone is 7. The van der Waals surface area contributed by atoms with Crippen molar-refractivity contribution < 1.29 is 23.3 Å². The molecule has 0 heterocycles. The SMILES string of the molecule is Cc1cc(C(O)=CC=C2C=CC=C2)c(OB(F)F)c([N+](=O)[O-])c1. The van der Waals surface area contributed by atoms with Crippen LogP contribution in [0.1, 0.15) is 11.1 Å². The Morgan fingerprint density at radius 2 is 2.00 bits per heavy atom. The highest BCUT2D eigenvalue weighted by atomic mass is 19.2. The largest absolute Gasteiger partial charge is 0.796 e. The average Bonchev–Trinajstić information content (AvgIpc) is 2.98. The Morgan fingerprint density at radius 3 is 2.57 bits per heavy atom. The van der Waals surface area contributed by atoms with Crippen LogP contribution in [-0.4, -0.2) is 17.5 Å². The zero-order chi connectivity index (χ0) is 17.0. The molecule has 0 fully saturated rings. The first-order chi connectivity index (χ1) is 10.9. The van der Waals surface area contributed by atoms with Crippen LogP contribution in [0, 0.1) is 17.0 Å². The minimum Gasteiger partial charge on any atom is -0.507 e. The number of aryl methyl sites for hydroxylation is 1. The van der Waals surface area contributed by atoms with Gasteiger partial charge >= 0.3 is 13.2 Å². The number of aliphatic hydroxyl groups excluding tert-OH is 1. The molecule has 1 N–H and O–H groups in total. The molecule has 118 valence electrons. The summed E-state index contributed by atoms with van der Waals surface area (Å²) < 4.78 is 29.4. The van der Waals surface area contributed by atoms with E-state index in [1.807, 2.05) is 0 Å². The van der Waals surface area contributed by atoms with Gasteiger partial charge in [-0.15, -0.1) is 0 Å². The molecule has 0 radical (unpaired) electrons. The molecule has 0 amide bonds. The zero-order valence-corrected chi connectivity index (χ0v) is 12.1. The van der Waals surface area contributed by atoms with E-state index in [9.17, 15) is 23.9 Å². The van der Waals surface area contributed by atoms with Gasteiger partial charge in [-0.25, -0.2) is 8.63 Å². The molecule has 0 spiro atoms. The van der Waals surface area contributed by atoms with Gasteiger partial charge in [-0.1, -0.05) is 30.4 Å². The van der Waals surface area contributed by atoms with Crippen molar-refractivity contribution in [2.24, 2.45) is 0 Å². The second-order valence-electron chi connectivity index (χ2n) is 4.73. The van der Waals surface area contributed by atoms with Crippen LogP contribution in [0.25, 0.3) is 5.76 Å². The molecular weight excluding hydrogens is 307 g/mol. The summed E-state index contributed by atoms with van der Waals surface area (Å²) in [5, 5.41) is 21.2. The lowest BCUT2D eigenvalue weighted by Crippen LogP contribution is -2.12. The van der Waals surface area contributed by atoms with E-state index in [1.165, 1.54) is 12.1 Å². The van der Waals surface area contributed by atoms with Gasteiger partial charge in [0.05, 0.1) is 10.5 Å². The molecule has 0 bridgehead atoms. The van der Waals surface area contributed by atoms with Gasteiger partial charge < -0.3 is 9.76 Å². The standard InChI is InChI=1S/C15H12BF2NO4/c1-10-8-12(14(20)7-6-11-4-2-3-5-11)15(23-16(17)18)13(9-10)19(21)22/h2-9,20H,1H3. The lowest BCUT2D eigenvalue weighted by atomic mass is 10.1. The number of aliphatic hydroxyl groups is 1. The van der Waals surface area contributed by atoms with E-state index in [4.69, 9.17) is 0 Å². The Labute approximate surface area is 131 Å². The maximum absolute atomic E-state index is 12.6. The lowest BCUT2D eigenvalue weighted by Gasteiger charge is -2.11. The summed E-state index contributed by atoms with van der Waals surface area (Å²) in [5.41, 5.74) is 0.421. The van der Waals surface area contributed by atoms with E-state index in [0.717, 1.165) is 11.6 Å². The Morgan fingerprint density at radius 1 is 1.35 bits per heavy atom. The van der Waals surface area contributed by atoms with Crippen LogP contribution < -0.4 is 4.65 Å². The predicted octanol–water partition coefficient (Wildman–Crippen LogP) is 4.16. The highest BCUT2D eigenvalue weighted by Crippen LogP contribution is 2.36. The minimum atomic E-state index is -3.25. The van der Waals surface area contributed by atoms with Gasteiger partial charge in [-0.05, 0) is 30.2 Å². The molecule has 5 nitrogen and oxygen atoms in total. The van der Waals surface area contributed by atoms with Crippen molar-refractivity contribution in [2.45, 2.75) is 6.92 Å². The Hall–Kier alpha value is -2.90. The van der Waals surface area contributed by atoms with E-state index >= 15 is 0 Å². The maximum Gasteiger partial charge on any atom is 0.796 e. The van der Waals surface area contributed by atoms with Crippen LogP contribution in [0.2, 0.25) is 0 Å². The van der Waals surface area contributed by atoms with E-state index in [0.29, 0.717) is 5.56 Å². The normalized spacial score (nSPS) is 13.3. The number of nitro groups is 1. The molecule has 0 aliphatic heterocycles. The Bertz CT molecular complexity index is 740. The first-order valence-corrected chi connectivity index (χ1v) is 6.58. The first kappa shape index (κ1) is 16.5. The maximum atomic E-state index is 12.6. The molecule has 1 aromatic rings. The van der Waals surface area contributed by atoms with Gasteiger partial charge in [-0.3, -0.25) is 10.1 Å². The quantitative estimate of drug-likeness (QED) is 0.383.